The Hall–Kier alpha value is -1.62. The lowest BCUT2D eigenvalue weighted by Gasteiger charge is -2.35. The average molecular weight is 316 g/mol. The van der Waals surface area contributed by atoms with Gasteiger partial charge in [0.2, 0.25) is 5.91 Å². The highest BCUT2D eigenvalue weighted by atomic mass is 16.2. The summed E-state index contributed by atoms with van der Waals surface area (Å²) in [7, 11) is 1.89. The van der Waals surface area contributed by atoms with Crippen LogP contribution >= 0.6 is 0 Å². The van der Waals surface area contributed by atoms with Crippen LogP contribution in [0.15, 0.2) is 18.3 Å². The number of nitrogens with zero attached hydrogens (tertiary/aromatic N) is 2. The van der Waals surface area contributed by atoms with Gasteiger partial charge >= 0.3 is 0 Å². The van der Waals surface area contributed by atoms with Gasteiger partial charge in [0.25, 0.3) is 0 Å². The molecule has 2 N–H and O–H groups in total. The highest BCUT2D eigenvalue weighted by Crippen LogP contribution is 2.32. The van der Waals surface area contributed by atoms with Crippen molar-refractivity contribution >= 4 is 11.7 Å². The van der Waals surface area contributed by atoms with Crippen molar-refractivity contribution in [2.24, 2.45) is 0 Å². The molecule has 2 fully saturated rings. The van der Waals surface area contributed by atoms with E-state index in [0.29, 0.717) is 6.04 Å². The van der Waals surface area contributed by atoms with Crippen molar-refractivity contribution in [1.82, 2.24) is 15.2 Å². The predicted octanol–water partition coefficient (Wildman–Crippen LogP) is 2.54. The molecule has 1 unspecified atom stereocenters. The first-order valence-corrected chi connectivity index (χ1v) is 8.81. The summed E-state index contributed by atoms with van der Waals surface area (Å²) in [6.07, 6.45) is 8.55. The zero-order valence-corrected chi connectivity index (χ0v) is 14.3. The summed E-state index contributed by atoms with van der Waals surface area (Å²) >= 11 is 0. The van der Waals surface area contributed by atoms with Gasteiger partial charge in [0.05, 0.1) is 5.54 Å². The SMILES string of the molecule is CNc1ncccc1CN1CCCC1(C)C(=O)NC1CCCC1. The molecule has 0 spiro atoms. The summed E-state index contributed by atoms with van der Waals surface area (Å²) < 4.78 is 0. The Labute approximate surface area is 138 Å². The summed E-state index contributed by atoms with van der Waals surface area (Å²) in [5, 5.41) is 6.44. The zero-order chi connectivity index (χ0) is 16.3. The van der Waals surface area contributed by atoms with Crippen LogP contribution in [0.4, 0.5) is 5.82 Å². The Balaban J connectivity index is 1.71. The topological polar surface area (TPSA) is 57.3 Å². The van der Waals surface area contributed by atoms with Crippen molar-refractivity contribution in [2.75, 3.05) is 18.9 Å². The number of amides is 1. The van der Waals surface area contributed by atoms with E-state index in [2.05, 4.69) is 33.5 Å². The minimum atomic E-state index is -0.399. The van der Waals surface area contributed by atoms with Gasteiger partial charge < -0.3 is 10.6 Å². The number of rotatable bonds is 5. The van der Waals surface area contributed by atoms with Gasteiger partial charge in [-0.3, -0.25) is 9.69 Å². The van der Waals surface area contributed by atoms with Crippen LogP contribution in [0.25, 0.3) is 0 Å². The van der Waals surface area contributed by atoms with E-state index in [1.54, 1.807) is 6.20 Å². The molecule has 1 aliphatic heterocycles. The van der Waals surface area contributed by atoms with Crippen molar-refractivity contribution < 1.29 is 4.79 Å². The lowest BCUT2D eigenvalue weighted by molar-refractivity contribution is -0.132. The molecule has 5 nitrogen and oxygen atoms in total. The Morgan fingerprint density at radius 3 is 2.91 bits per heavy atom. The third-order valence-corrected chi connectivity index (χ3v) is 5.46. The number of carbonyl (C=O) groups is 1. The molecule has 5 heteroatoms. The number of hydrogen-bond donors (Lipinski definition) is 2. The highest BCUT2D eigenvalue weighted by Gasteiger charge is 2.43. The molecule has 1 atom stereocenters. The quantitative estimate of drug-likeness (QED) is 0.876. The molecule has 23 heavy (non-hydrogen) atoms. The lowest BCUT2D eigenvalue weighted by atomic mass is 9.96. The summed E-state index contributed by atoms with van der Waals surface area (Å²) in [5.74, 6) is 1.11. The maximum atomic E-state index is 12.9. The summed E-state index contributed by atoms with van der Waals surface area (Å²) in [4.78, 5) is 19.6. The zero-order valence-electron chi connectivity index (χ0n) is 14.3. The van der Waals surface area contributed by atoms with Crippen molar-refractivity contribution in [3.8, 4) is 0 Å². The normalized spacial score (nSPS) is 25.7. The molecule has 1 amide bonds. The lowest BCUT2D eigenvalue weighted by Crippen LogP contribution is -2.54. The van der Waals surface area contributed by atoms with E-state index in [1.807, 2.05) is 13.1 Å². The summed E-state index contributed by atoms with van der Waals surface area (Å²) in [6, 6.07) is 4.43. The van der Waals surface area contributed by atoms with Crippen LogP contribution in [0.5, 0.6) is 0 Å². The molecule has 126 valence electrons. The third kappa shape index (κ3) is 3.34. The Kier molecular flexibility index (Phi) is 4.85. The van der Waals surface area contributed by atoms with Crippen molar-refractivity contribution in [3.63, 3.8) is 0 Å². The standard InChI is InChI=1S/C18H28N4O/c1-18(17(23)21-15-8-3-4-9-15)10-6-12-22(18)13-14-7-5-11-20-16(14)19-2/h5,7,11,15H,3-4,6,8-10,12-13H2,1-2H3,(H,19,20)(H,21,23). The number of hydrogen-bond acceptors (Lipinski definition) is 4. The number of anilines is 1. The third-order valence-electron chi connectivity index (χ3n) is 5.46. The van der Waals surface area contributed by atoms with E-state index in [1.165, 1.54) is 12.8 Å². The molecule has 0 radical (unpaired) electrons. The van der Waals surface area contributed by atoms with E-state index in [0.717, 1.165) is 50.2 Å². The first kappa shape index (κ1) is 16.2. The second-order valence-electron chi connectivity index (χ2n) is 7.01. The molecule has 1 aromatic heterocycles. The van der Waals surface area contributed by atoms with Gasteiger partial charge in [0.1, 0.15) is 5.82 Å². The predicted molar refractivity (Wildman–Crippen MR) is 92.2 cm³/mol. The molecule has 3 rings (SSSR count). The van der Waals surface area contributed by atoms with E-state index in [-0.39, 0.29) is 5.91 Å². The van der Waals surface area contributed by atoms with Gasteiger partial charge in [0.15, 0.2) is 0 Å². The van der Waals surface area contributed by atoms with Crippen LogP contribution in [0, 0.1) is 0 Å². The van der Waals surface area contributed by atoms with Crippen LogP contribution in [-0.2, 0) is 11.3 Å². The second-order valence-corrected chi connectivity index (χ2v) is 7.01. The fourth-order valence-corrected chi connectivity index (χ4v) is 3.94. The van der Waals surface area contributed by atoms with Gasteiger partial charge in [-0.15, -0.1) is 0 Å². The van der Waals surface area contributed by atoms with Gasteiger partial charge in [-0.25, -0.2) is 4.98 Å². The molecule has 1 aliphatic carbocycles. The first-order valence-electron chi connectivity index (χ1n) is 8.81. The Bertz CT molecular complexity index is 556. The first-order chi connectivity index (χ1) is 11.1. The molecule has 1 saturated heterocycles. The number of aromatic nitrogens is 1. The van der Waals surface area contributed by atoms with Crippen molar-refractivity contribution in [2.45, 2.75) is 63.6 Å². The van der Waals surface area contributed by atoms with Crippen LogP contribution in [0.1, 0.15) is 51.0 Å². The molecule has 2 aliphatic rings. The summed E-state index contributed by atoms with van der Waals surface area (Å²) in [5.41, 5.74) is 0.750. The van der Waals surface area contributed by atoms with Gasteiger partial charge in [0, 0.05) is 31.4 Å². The molecule has 2 heterocycles. The monoisotopic (exact) mass is 316 g/mol. The smallest absolute Gasteiger partial charge is 0.240 e. The van der Waals surface area contributed by atoms with Crippen LogP contribution < -0.4 is 10.6 Å². The number of likely N-dealkylation sites (tertiary alicyclic amines) is 1. The Morgan fingerprint density at radius 2 is 2.17 bits per heavy atom. The number of pyridine rings is 1. The molecule has 1 aromatic rings. The maximum absolute atomic E-state index is 12.9. The van der Waals surface area contributed by atoms with E-state index < -0.39 is 5.54 Å². The van der Waals surface area contributed by atoms with E-state index in [4.69, 9.17) is 0 Å². The fourth-order valence-electron chi connectivity index (χ4n) is 3.94. The van der Waals surface area contributed by atoms with Crippen molar-refractivity contribution in [3.05, 3.63) is 23.9 Å². The van der Waals surface area contributed by atoms with Crippen LogP contribution in [-0.4, -0.2) is 41.0 Å². The van der Waals surface area contributed by atoms with Crippen molar-refractivity contribution in [1.29, 1.82) is 0 Å². The largest absolute Gasteiger partial charge is 0.373 e. The molecular formula is C18H28N4O. The number of nitrogens with one attached hydrogen (secondary N) is 2. The average Bonchev–Trinajstić information content (AvgIpc) is 3.19. The second kappa shape index (κ2) is 6.87. The molecular weight excluding hydrogens is 288 g/mol. The Morgan fingerprint density at radius 1 is 1.39 bits per heavy atom. The van der Waals surface area contributed by atoms with Gasteiger partial charge in [-0.2, -0.15) is 0 Å². The highest BCUT2D eigenvalue weighted by molar-refractivity contribution is 5.86. The minimum Gasteiger partial charge on any atom is -0.373 e. The minimum absolute atomic E-state index is 0.205. The van der Waals surface area contributed by atoms with Crippen LogP contribution in [0.2, 0.25) is 0 Å². The molecule has 0 aromatic carbocycles. The van der Waals surface area contributed by atoms with E-state index >= 15 is 0 Å². The fraction of sp³-hybridized carbons (Fsp3) is 0.667. The summed E-state index contributed by atoms with van der Waals surface area (Å²) in [6.45, 7) is 3.82. The van der Waals surface area contributed by atoms with E-state index in [9.17, 15) is 4.79 Å². The molecule has 1 saturated carbocycles. The van der Waals surface area contributed by atoms with Gasteiger partial charge in [-0.05, 0) is 45.2 Å². The molecule has 0 bridgehead atoms. The number of carbonyl (C=O) groups excluding carboxylic acids is 1. The van der Waals surface area contributed by atoms with Gasteiger partial charge in [-0.1, -0.05) is 18.9 Å². The maximum Gasteiger partial charge on any atom is 0.240 e. The van der Waals surface area contributed by atoms with Crippen LogP contribution in [0.3, 0.4) is 0 Å².